The minimum absolute atomic E-state index is 0.155. The van der Waals surface area contributed by atoms with E-state index in [9.17, 15) is 18.5 Å². The van der Waals surface area contributed by atoms with E-state index in [2.05, 4.69) is 0 Å². The third kappa shape index (κ3) is 6.17. The van der Waals surface area contributed by atoms with Gasteiger partial charge in [0.2, 0.25) is 6.41 Å². The highest BCUT2D eigenvalue weighted by atomic mass is 31.2. The summed E-state index contributed by atoms with van der Waals surface area (Å²) in [6.07, 6.45) is 2.22. The summed E-state index contributed by atoms with van der Waals surface area (Å²) in [6, 6.07) is -0.424. The summed E-state index contributed by atoms with van der Waals surface area (Å²) < 4.78 is 29.1. The summed E-state index contributed by atoms with van der Waals surface area (Å²) in [5, 5.41) is 1.91. The van der Waals surface area contributed by atoms with E-state index in [-0.39, 0.29) is 12.8 Å². The molecule has 1 rings (SSSR count). The molecule has 0 aliphatic heterocycles. The first-order chi connectivity index (χ1) is 9.73. The van der Waals surface area contributed by atoms with Gasteiger partial charge in [0.15, 0.2) is 0 Å². The number of nitrogens with one attached hydrogen (secondary N) is 1. The third-order valence-corrected chi connectivity index (χ3v) is 3.23. The third-order valence-electron chi connectivity index (χ3n) is 2.74. The molecule has 8 nitrogen and oxygen atoms in total. The Morgan fingerprint density at radius 1 is 1.67 bits per heavy atom. The average Bonchev–Trinajstić information content (AvgIpc) is 2.74. The summed E-state index contributed by atoms with van der Waals surface area (Å²) in [7, 11) is -2.76. The van der Waals surface area contributed by atoms with Gasteiger partial charge in [-0.2, -0.15) is 0 Å². The fourth-order valence-corrected chi connectivity index (χ4v) is 2.09. The average molecular weight is 322 g/mol. The first-order valence-electron chi connectivity index (χ1n) is 5.90. The van der Waals surface area contributed by atoms with E-state index in [4.69, 9.17) is 14.5 Å². The Morgan fingerprint density at radius 2 is 2.33 bits per heavy atom. The van der Waals surface area contributed by atoms with Crippen molar-refractivity contribution in [3.8, 4) is 0 Å². The first kappa shape index (κ1) is 17.5. The molecule has 2 amide bonds. The molecule has 0 fully saturated rings. The highest BCUT2D eigenvalue weighted by molar-refractivity contribution is 7.51. The maximum absolute atomic E-state index is 13.6. The zero-order valence-electron chi connectivity index (χ0n) is 11.2. The predicted molar refractivity (Wildman–Crippen MR) is 70.5 cm³/mol. The molecule has 0 saturated heterocycles. The van der Waals surface area contributed by atoms with Crippen molar-refractivity contribution >= 4 is 19.9 Å². The van der Waals surface area contributed by atoms with Gasteiger partial charge in [-0.3, -0.25) is 19.5 Å². The molecular formula is C11H16FN2O6P. The maximum Gasteiger partial charge on any atom is 0.351 e. The Bertz CT molecular complexity index is 503. The smallest absolute Gasteiger partial charge is 0.351 e. The van der Waals surface area contributed by atoms with Crippen LogP contribution in [0, 0.1) is 0 Å². The lowest BCUT2D eigenvalue weighted by molar-refractivity contribution is -0.121. The van der Waals surface area contributed by atoms with Crippen molar-refractivity contribution in [1.29, 1.82) is 0 Å². The van der Waals surface area contributed by atoms with Crippen LogP contribution in [0.4, 0.5) is 4.39 Å². The lowest BCUT2D eigenvalue weighted by Crippen LogP contribution is -2.27. The van der Waals surface area contributed by atoms with Crippen molar-refractivity contribution in [1.82, 2.24) is 10.2 Å². The number of halogens is 1. The Balaban J connectivity index is 2.53. The molecular weight excluding hydrogens is 306 g/mol. The monoisotopic (exact) mass is 322 g/mol. The van der Waals surface area contributed by atoms with E-state index < -0.39 is 37.8 Å². The molecule has 0 heterocycles. The van der Waals surface area contributed by atoms with Crippen molar-refractivity contribution in [2.24, 2.45) is 0 Å². The van der Waals surface area contributed by atoms with Crippen molar-refractivity contribution in [2.45, 2.75) is 18.6 Å². The van der Waals surface area contributed by atoms with E-state index in [0.717, 1.165) is 6.08 Å². The van der Waals surface area contributed by atoms with E-state index in [0.29, 0.717) is 0 Å². The Morgan fingerprint density at radius 3 is 2.90 bits per heavy atom. The topological polar surface area (TPSA) is 116 Å². The Kier molecular flexibility index (Phi) is 6.22. The molecule has 0 aromatic heterocycles. The standard InChI is InChI=1S/C11H16FN2O6P/c1-14(3-2-11(16)13-6-15)8-4-9(12)10(5-8)20-7-21(17,18)19/h2-4,6,8,10H,5,7H2,1H3,(H,13,15,16)(H2,17,18,19)/b3-2-. The summed E-state index contributed by atoms with van der Waals surface area (Å²) in [5.41, 5.74) is 0. The van der Waals surface area contributed by atoms with Gasteiger partial charge in [-0.25, -0.2) is 4.39 Å². The molecule has 2 unspecified atom stereocenters. The van der Waals surface area contributed by atoms with Crippen LogP contribution in [-0.2, 0) is 18.9 Å². The van der Waals surface area contributed by atoms with E-state index in [1.54, 1.807) is 7.05 Å². The molecule has 0 spiro atoms. The number of hydrogen-bond acceptors (Lipinski definition) is 5. The summed E-state index contributed by atoms with van der Waals surface area (Å²) >= 11 is 0. The van der Waals surface area contributed by atoms with Gasteiger partial charge < -0.3 is 19.4 Å². The normalized spacial score (nSPS) is 22.2. The van der Waals surface area contributed by atoms with E-state index in [1.165, 1.54) is 17.2 Å². The van der Waals surface area contributed by atoms with Gasteiger partial charge in [-0.1, -0.05) is 0 Å². The largest absolute Gasteiger partial charge is 0.374 e. The molecule has 0 radical (unpaired) electrons. The van der Waals surface area contributed by atoms with Crippen molar-refractivity contribution in [3.05, 3.63) is 24.2 Å². The van der Waals surface area contributed by atoms with Gasteiger partial charge in [0, 0.05) is 25.7 Å². The Hall–Kier alpha value is -1.54. The van der Waals surface area contributed by atoms with Crippen LogP contribution in [0.2, 0.25) is 0 Å². The van der Waals surface area contributed by atoms with E-state index >= 15 is 0 Å². The molecule has 21 heavy (non-hydrogen) atoms. The van der Waals surface area contributed by atoms with Gasteiger partial charge >= 0.3 is 7.60 Å². The number of rotatable bonds is 7. The van der Waals surface area contributed by atoms with Gasteiger partial charge in [0.25, 0.3) is 5.91 Å². The van der Waals surface area contributed by atoms with Crippen molar-refractivity contribution in [2.75, 3.05) is 13.4 Å². The number of amides is 2. The number of hydrogen-bond donors (Lipinski definition) is 3. The van der Waals surface area contributed by atoms with Gasteiger partial charge in [0.05, 0.1) is 6.04 Å². The summed E-state index contributed by atoms with van der Waals surface area (Å²) in [5.74, 6) is -1.24. The van der Waals surface area contributed by atoms with Crippen LogP contribution in [0.15, 0.2) is 24.2 Å². The molecule has 0 bridgehead atoms. The SMILES string of the molecule is CN(/C=C\C(=O)NC=O)C1C=C(F)C(OCP(=O)(O)O)C1. The molecule has 2 atom stereocenters. The van der Waals surface area contributed by atoms with Crippen molar-refractivity contribution < 1.29 is 33.1 Å². The Labute approximate surface area is 120 Å². The molecule has 118 valence electrons. The van der Waals surface area contributed by atoms with Gasteiger partial charge in [-0.15, -0.1) is 0 Å². The number of ether oxygens (including phenoxy) is 1. The molecule has 3 N–H and O–H groups in total. The van der Waals surface area contributed by atoms with Crippen LogP contribution >= 0.6 is 7.60 Å². The van der Waals surface area contributed by atoms with Crippen LogP contribution < -0.4 is 5.32 Å². The molecule has 0 aromatic rings. The highest BCUT2D eigenvalue weighted by Crippen LogP contribution is 2.37. The summed E-state index contributed by atoms with van der Waals surface area (Å²) in [4.78, 5) is 40.0. The second kappa shape index (κ2) is 7.46. The maximum atomic E-state index is 13.6. The number of carbonyl (C=O) groups excluding carboxylic acids is 2. The quantitative estimate of drug-likeness (QED) is 0.339. The highest BCUT2D eigenvalue weighted by Gasteiger charge is 2.31. The number of nitrogens with zero attached hydrogens (tertiary/aromatic N) is 1. The van der Waals surface area contributed by atoms with Crippen LogP contribution in [0.3, 0.4) is 0 Å². The molecule has 0 saturated carbocycles. The first-order valence-corrected chi connectivity index (χ1v) is 7.70. The fourth-order valence-electron chi connectivity index (χ4n) is 1.71. The molecule has 0 aromatic carbocycles. The van der Waals surface area contributed by atoms with E-state index in [1.807, 2.05) is 5.32 Å². The number of imide groups is 1. The van der Waals surface area contributed by atoms with Crippen molar-refractivity contribution in [3.63, 3.8) is 0 Å². The van der Waals surface area contributed by atoms with Crippen LogP contribution in [0.25, 0.3) is 0 Å². The van der Waals surface area contributed by atoms with Crippen LogP contribution in [0.5, 0.6) is 0 Å². The number of likely N-dealkylation sites (N-methyl/N-ethyl adjacent to an activating group) is 1. The molecule has 1 aliphatic rings. The van der Waals surface area contributed by atoms with Gasteiger partial charge in [-0.05, 0) is 6.08 Å². The zero-order valence-corrected chi connectivity index (χ0v) is 12.1. The zero-order chi connectivity index (χ0) is 16.0. The van der Waals surface area contributed by atoms with Gasteiger partial charge in [0.1, 0.15) is 18.3 Å². The van der Waals surface area contributed by atoms with Crippen LogP contribution in [-0.4, -0.2) is 52.5 Å². The van der Waals surface area contributed by atoms with Crippen LogP contribution in [0.1, 0.15) is 6.42 Å². The fraction of sp³-hybridized carbons (Fsp3) is 0.455. The lowest BCUT2D eigenvalue weighted by atomic mass is 10.2. The molecule has 10 heteroatoms. The number of carbonyl (C=O) groups is 2. The predicted octanol–water partition coefficient (Wildman–Crippen LogP) is -0.149. The second-order valence-electron chi connectivity index (χ2n) is 4.41. The minimum atomic E-state index is -4.35. The minimum Gasteiger partial charge on any atom is -0.374 e. The lowest BCUT2D eigenvalue weighted by Gasteiger charge is -2.21. The second-order valence-corrected chi connectivity index (χ2v) is 6.00. The summed E-state index contributed by atoms with van der Waals surface area (Å²) in [6.45, 7) is 0. The molecule has 1 aliphatic carbocycles.